The first-order valence-corrected chi connectivity index (χ1v) is 5.52. The van der Waals surface area contributed by atoms with Gasteiger partial charge in [-0.05, 0) is 50.4 Å². The molecular formula is C11H21NO. The van der Waals surface area contributed by atoms with Gasteiger partial charge in [-0.1, -0.05) is 0 Å². The number of hydrogen-bond donors (Lipinski definition) is 1. The van der Waals surface area contributed by atoms with Crippen LogP contribution in [-0.4, -0.2) is 19.3 Å². The minimum Gasteiger partial charge on any atom is -0.385 e. The topological polar surface area (TPSA) is 35.2 Å². The molecule has 13 heavy (non-hydrogen) atoms. The summed E-state index contributed by atoms with van der Waals surface area (Å²) in [5.41, 5.74) is 6.60. The summed E-state index contributed by atoms with van der Waals surface area (Å²) in [6.45, 7) is 0.885. The Morgan fingerprint density at radius 3 is 2.62 bits per heavy atom. The summed E-state index contributed by atoms with van der Waals surface area (Å²) in [5.74, 6) is 1.72. The van der Waals surface area contributed by atoms with Gasteiger partial charge in [-0.25, -0.2) is 0 Å². The number of fused-ring (bicyclic) bond motifs is 3. The molecule has 0 radical (unpaired) electrons. The molecule has 76 valence electrons. The summed E-state index contributed by atoms with van der Waals surface area (Å²) in [7, 11) is 1.78. The molecular weight excluding hydrogens is 162 g/mol. The smallest absolute Gasteiger partial charge is 0.0465 e. The lowest BCUT2D eigenvalue weighted by Gasteiger charge is -2.50. The Balaban J connectivity index is 1.95. The fourth-order valence-electron chi connectivity index (χ4n) is 3.16. The Kier molecular flexibility index (Phi) is 2.61. The van der Waals surface area contributed by atoms with Crippen LogP contribution in [0.4, 0.5) is 0 Å². The van der Waals surface area contributed by atoms with Crippen molar-refractivity contribution in [3.63, 3.8) is 0 Å². The predicted molar refractivity (Wildman–Crippen MR) is 53.5 cm³/mol. The minimum atomic E-state index is 0.174. The van der Waals surface area contributed by atoms with Crippen LogP contribution in [0.5, 0.6) is 0 Å². The molecule has 0 heterocycles. The molecule has 2 heteroatoms. The Bertz CT molecular complexity index is 173. The van der Waals surface area contributed by atoms with Crippen molar-refractivity contribution >= 4 is 0 Å². The van der Waals surface area contributed by atoms with Gasteiger partial charge < -0.3 is 10.5 Å². The second-order valence-corrected chi connectivity index (χ2v) is 4.89. The van der Waals surface area contributed by atoms with Crippen LogP contribution in [0.1, 0.15) is 38.5 Å². The molecule has 0 saturated heterocycles. The van der Waals surface area contributed by atoms with E-state index < -0.39 is 0 Å². The number of hydrogen-bond acceptors (Lipinski definition) is 2. The van der Waals surface area contributed by atoms with Crippen LogP contribution in [0.2, 0.25) is 0 Å². The molecule has 0 aliphatic heterocycles. The third-order valence-electron chi connectivity index (χ3n) is 4.14. The summed E-state index contributed by atoms with van der Waals surface area (Å²) in [5, 5.41) is 0. The van der Waals surface area contributed by atoms with Gasteiger partial charge in [-0.3, -0.25) is 0 Å². The van der Waals surface area contributed by atoms with Gasteiger partial charge in [-0.2, -0.15) is 0 Å². The van der Waals surface area contributed by atoms with Gasteiger partial charge in [0.2, 0.25) is 0 Å². The molecule has 2 bridgehead atoms. The SMILES string of the molecule is COCCC1CC2CCC1(N)CC2. The second kappa shape index (κ2) is 3.58. The van der Waals surface area contributed by atoms with Gasteiger partial charge in [-0.15, -0.1) is 0 Å². The number of methoxy groups -OCH3 is 1. The molecule has 3 rings (SSSR count). The summed E-state index contributed by atoms with van der Waals surface area (Å²) in [4.78, 5) is 0. The van der Waals surface area contributed by atoms with Crippen molar-refractivity contribution in [2.75, 3.05) is 13.7 Å². The fourth-order valence-corrected chi connectivity index (χ4v) is 3.16. The van der Waals surface area contributed by atoms with Gasteiger partial charge in [0.15, 0.2) is 0 Å². The van der Waals surface area contributed by atoms with Crippen molar-refractivity contribution in [3.8, 4) is 0 Å². The maximum absolute atomic E-state index is 6.43. The zero-order valence-electron chi connectivity index (χ0n) is 8.59. The monoisotopic (exact) mass is 183 g/mol. The first-order valence-electron chi connectivity index (χ1n) is 5.52. The van der Waals surface area contributed by atoms with E-state index in [1.54, 1.807) is 7.11 Å². The highest BCUT2D eigenvalue weighted by Crippen LogP contribution is 2.47. The first-order chi connectivity index (χ1) is 6.24. The lowest BCUT2D eigenvalue weighted by molar-refractivity contribution is 0.0441. The van der Waals surface area contributed by atoms with E-state index in [0.717, 1.165) is 18.4 Å². The van der Waals surface area contributed by atoms with E-state index in [1.807, 2.05) is 0 Å². The molecule has 0 amide bonds. The lowest BCUT2D eigenvalue weighted by atomic mass is 9.59. The van der Waals surface area contributed by atoms with Crippen LogP contribution in [-0.2, 0) is 4.74 Å². The van der Waals surface area contributed by atoms with E-state index in [2.05, 4.69) is 0 Å². The second-order valence-electron chi connectivity index (χ2n) is 4.89. The van der Waals surface area contributed by atoms with Crippen LogP contribution in [0.3, 0.4) is 0 Å². The van der Waals surface area contributed by atoms with Crippen LogP contribution in [0.15, 0.2) is 0 Å². The summed E-state index contributed by atoms with van der Waals surface area (Å²) < 4.78 is 5.14. The summed E-state index contributed by atoms with van der Waals surface area (Å²) >= 11 is 0. The largest absolute Gasteiger partial charge is 0.385 e. The summed E-state index contributed by atoms with van der Waals surface area (Å²) in [6, 6.07) is 0. The molecule has 3 aliphatic carbocycles. The zero-order chi connectivity index (χ0) is 9.31. The van der Waals surface area contributed by atoms with E-state index in [-0.39, 0.29) is 5.54 Å². The van der Waals surface area contributed by atoms with Crippen LogP contribution >= 0.6 is 0 Å². The van der Waals surface area contributed by atoms with Crippen LogP contribution in [0, 0.1) is 11.8 Å². The Labute approximate surface area is 80.8 Å². The van der Waals surface area contributed by atoms with Crippen LogP contribution in [0.25, 0.3) is 0 Å². The predicted octanol–water partition coefficient (Wildman–Crippen LogP) is 1.93. The average molecular weight is 183 g/mol. The van der Waals surface area contributed by atoms with Gasteiger partial charge in [0.05, 0.1) is 0 Å². The maximum atomic E-state index is 6.43. The standard InChI is InChI=1S/C11H21NO/c1-13-7-4-10-8-9-2-5-11(10,12)6-3-9/h9-10H,2-8,12H2,1H3. The molecule has 0 aromatic heterocycles. The van der Waals surface area contributed by atoms with Gasteiger partial charge in [0, 0.05) is 19.3 Å². The van der Waals surface area contributed by atoms with E-state index in [9.17, 15) is 0 Å². The zero-order valence-corrected chi connectivity index (χ0v) is 8.59. The van der Waals surface area contributed by atoms with Crippen molar-refractivity contribution in [1.29, 1.82) is 0 Å². The molecule has 2 nitrogen and oxygen atoms in total. The summed E-state index contributed by atoms with van der Waals surface area (Å²) in [6.07, 6.45) is 7.79. The first kappa shape index (κ1) is 9.47. The highest BCUT2D eigenvalue weighted by molar-refractivity contribution is 5.01. The van der Waals surface area contributed by atoms with Crippen molar-refractivity contribution in [1.82, 2.24) is 0 Å². The molecule has 3 saturated carbocycles. The molecule has 1 atom stereocenters. The molecule has 3 fully saturated rings. The highest BCUT2D eigenvalue weighted by atomic mass is 16.5. The Hall–Kier alpha value is -0.0800. The third kappa shape index (κ3) is 1.75. The lowest BCUT2D eigenvalue weighted by Crippen LogP contribution is -2.54. The van der Waals surface area contributed by atoms with Crippen molar-refractivity contribution < 1.29 is 4.74 Å². The molecule has 2 N–H and O–H groups in total. The number of ether oxygens (including phenoxy) is 1. The number of nitrogens with two attached hydrogens (primary N) is 1. The van der Waals surface area contributed by atoms with Gasteiger partial charge in [0.1, 0.15) is 0 Å². The van der Waals surface area contributed by atoms with E-state index in [4.69, 9.17) is 10.5 Å². The van der Waals surface area contributed by atoms with Crippen molar-refractivity contribution in [3.05, 3.63) is 0 Å². The van der Waals surface area contributed by atoms with Gasteiger partial charge >= 0.3 is 0 Å². The molecule has 0 aromatic rings. The normalized spacial score (nSPS) is 43.8. The molecule has 1 unspecified atom stereocenters. The molecule has 3 aliphatic rings. The van der Waals surface area contributed by atoms with E-state index in [0.29, 0.717) is 0 Å². The average Bonchev–Trinajstić information content (AvgIpc) is 2.16. The fraction of sp³-hybridized carbons (Fsp3) is 1.00. The molecule has 0 spiro atoms. The third-order valence-corrected chi connectivity index (χ3v) is 4.14. The Morgan fingerprint density at radius 1 is 1.38 bits per heavy atom. The van der Waals surface area contributed by atoms with Crippen LogP contribution < -0.4 is 5.73 Å². The van der Waals surface area contributed by atoms with E-state index in [1.165, 1.54) is 38.5 Å². The molecule has 0 aromatic carbocycles. The van der Waals surface area contributed by atoms with E-state index >= 15 is 0 Å². The quantitative estimate of drug-likeness (QED) is 0.725. The minimum absolute atomic E-state index is 0.174. The maximum Gasteiger partial charge on any atom is 0.0465 e. The number of rotatable bonds is 3. The highest BCUT2D eigenvalue weighted by Gasteiger charge is 2.44. The Morgan fingerprint density at radius 2 is 2.08 bits per heavy atom. The van der Waals surface area contributed by atoms with Gasteiger partial charge in [0.25, 0.3) is 0 Å². The van der Waals surface area contributed by atoms with Crippen molar-refractivity contribution in [2.45, 2.75) is 44.1 Å². The van der Waals surface area contributed by atoms with Crippen molar-refractivity contribution in [2.24, 2.45) is 17.6 Å².